The number of rotatable bonds is 5. The Kier molecular flexibility index (Phi) is 3.87. The zero-order chi connectivity index (χ0) is 13.8. The molecule has 0 aliphatic rings. The maximum atomic E-state index is 3.55. The van der Waals surface area contributed by atoms with Crippen molar-refractivity contribution in [2.75, 3.05) is 0 Å². The van der Waals surface area contributed by atoms with Crippen LogP contribution in [0, 0.1) is 6.07 Å². The Labute approximate surface area is 120 Å². The van der Waals surface area contributed by atoms with Crippen molar-refractivity contribution in [3.8, 4) is 11.3 Å². The number of aromatic amines is 1. The molecule has 20 heavy (non-hydrogen) atoms. The van der Waals surface area contributed by atoms with Gasteiger partial charge < -0.3 is 4.98 Å². The van der Waals surface area contributed by atoms with Gasteiger partial charge in [-0.3, -0.25) is 0 Å². The molecule has 0 bridgehead atoms. The Morgan fingerprint density at radius 2 is 1.80 bits per heavy atom. The quantitative estimate of drug-likeness (QED) is 0.595. The van der Waals surface area contributed by atoms with E-state index in [0.717, 1.165) is 12.1 Å². The summed E-state index contributed by atoms with van der Waals surface area (Å²) in [6.07, 6.45) is 4.97. The van der Waals surface area contributed by atoms with Gasteiger partial charge in [-0.05, 0) is 30.0 Å². The molecular formula is C19H20N. The summed E-state index contributed by atoms with van der Waals surface area (Å²) in [5.41, 5.74) is 4.89. The molecule has 0 saturated carbocycles. The molecule has 1 heterocycles. The zero-order valence-electron chi connectivity index (χ0n) is 11.9. The van der Waals surface area contributed by atoms with E-state index in [1.807, 2.05) is 6.07 Å². The normalized spacial score (nSPS) is 11.1. The van der Waals surface area contributed by atoms with Crippen LogP contribution in [0.1, 0.15) is 31.7 Å². The molecule has 0 amide bonds. The molecule has 0 aliphatic heterocycles. The predicted octanol–water partition coefficient (Wildman–Crippen LogP) is 5.37. The molecule has 1 heteroatoms. The van der Waals surface area contributed by atoms with E-state index in [9.17, 15) is 0 Å². The van der Waals surface area contributed by atoms with Crippen molar-refractivity contribution < 1.29 is 0 Å². The number of nitrogens with one attached hydrogen (secondary N) is 1. The van der Waals surface area contributed by atoms with Gasteiger partial charge in [0.2, 0.25) is 0 Å². The maximum Gasteiger partial charge on any atom is 0.0545 e. The molecule has 1 aromatic heterocycles. The number of aromatic nitrogens is 1. The second-order valence-electron chi connectivity index (χ2n) is 5.29. The number of benzene rings is 2. The molecule has 2 aromatic carbocycles. The molecule has 3 rings (SSSR count). The smallest absolute Gasteiger partial charge is 0.0545 e. The van der Waals surface area contributed by atoms with E-state index in [4.69, 9.17) is 0 Å². The van der Waals surface area contributed by atoms with Crippen LogP contribution in [0.5, 0.6) is 0 Å². The van der Waals surface area contributed by atoms with E-state index in [-0.39, 0.29) is 0 Å². The Bertz CT molecular complexity index is 679. The minimum atomic E-state index is 1.09. The van der Waals surface area contributed by atoms with Gasteiger partial charge in [0.15, 0.2) is 0 Å². The van der Waals surface area contributed by atoms with E-state index in [2.05, 4.69) is 60.4 Å². The predicted molar refractivity (Wildman–Crippen MR) is 85.8 cm³/mol. The lowest BCUT2D eigenvalue weighted by molar-refractivity contribution is 0.720. The summed E-state index contributed by atoms with van der Waals surface area (Å²) in [6, 6.07) is 20.5. The van der Waals surface area contributed by atoms with Crippen LogP contribution >= 0.6 is 0 Å². The van der Waals surface area contributed by atoms with Gasteiger partial charge in [0.1, 0.15) is 0 Å². The number of hydrogen-bond acceptors (Lipinski definition) is 0. The Morgan fingerprint density at radius 3 is 2.60 bits per heavy atom. The van der Waals surface area contributed by atoms with Crippen molar-refractivity contribution in [2.24, 2.45) is 0 Å². The summed E-state index contributed by atoms with van der Waals surface area (Å²) in [6.45, 7) is 2.25. The maximum absolute atomic E-state index is 3.55. The fourth-order valence-corrected chi connectivity index (χ4v) is 2.67. The fourth-order valence-electron chi connectivity index (χ4n) is 2.67. The molecule has 0 atom stereocenters. The van der Waals surface area contributed by atoms with Gasteiger partial charge >= 0.3 is 0 Å². The van der Waals surface area contributed by atoms with Crippen molar-refractivity contribution >= 4 is 10.9 Å². The Morgan fingerprint density at radius 1 is 0.950 bits per heavy atom. The monoisotopic (exact) mass is 262 g/mol. The lowest BCUT2D eigenvalue weighted by atomic mass is 10.0. The van der Waals surface area contributed by atoms with Crippen LogP contribution in [0.25, 0.3) is 22.2 Å². The summed E-state index contributed by atoms with van der Waals surface area (Å²) in [7, 11) is 0. The summed E-state index contributed by atoms with van der Waals surface area (Å²) in [5, 5.41) is 1.25. The van der Waals surface area contributed by atoms with Gasteiger partial charge in [-0.2, -0.15) is 0 Å². The van der Waals surface area contributed by atoms with Crippen LogP contribution in [0.15, 0.2) is 48.5 Å². The molecule has 0 saturated heterocycles. The standard InChI is InChI=1S/C19H20N/c1-2-3-5-9-15-12-8-13-18-17(15)14-19(20-18)16-10-6-4-7-11-16/h4,6-8,10-13,20H,2-3,5,9H2,1H3. The van der Waals surface area contributed by atoms with E-state index < -0.39 is 0 Å². The zero-order valence-corrected chi connectivity index (χ0v) is 11.9. The molecule has 0 fully saturated rings. The SMILES string of the molecule is CCCCCc1cccc2[nH]c(-c3ccccc3)[c]c12. The average molecular weight is 262 g/mol. The van der Waals surface area contributed by atoms with Gasteiger partial charge in [0.25, 0.3) is 0 Å². The highest BCUT2D eigenvalue weighted by Gasteiger charge is 2.07. The van der Waals surface area contributed by atoms with Crippen molar-refractivity contribution in [2.45, 2.75) is 32.6 Å². The first kappa shape index (κ1) is 13.0. The van der Waals surface area contributed by atoms with Gasteiger partial charge in [-0.25, -0.2) is 0 Å². The van der Waals surface area contributed by atoms with Gasteiger partial charge in [-0.1, -0.05) is 62.2 Å². The summed E-state index contributed by atoms with van der Waals surface area (Å²) in [4.78, 5) is 3.49. The third kappa shape index (κ3) is 2.62. The molecule has 0 aliphatic carbocycles. The Hall–Kier alpha value is -2.02. The first-order valence-corrected chi connectivity index (χ1v) is 7.47. The molecule has 1 N–H and O–H groups in total. The van der Waals surface area contributed by atoms with E-state index in [0.29, 0.717) is 0 Å². The number of fused-ring (bicyclic) bond motifs is 1. The van der Waals surface area contributed by atoms with Crippen LogP contribution < -0.4 is 0 Å². The highest BCUT2D eigenvalue weighted by atomic mass is 14.7. The highest BCUT2D eigenvalue weighted by molar-refractivity contribution is 5.87. The van der Waals surface area contributed by atoms with Gasteiger partial charge in [-0.15, -0.1) is 0 Å². The number of H-pyrrole nitrogens is 1. The van der Waals surface area contributed by atoms with Crippen LogP contribution in [0.2, 0.25) is 0 Å². The Balaban J connectivity index is 1.96. The minimum Gasteiger partial charge on any atom is -0.354 e. The van der Waals surface area contributed by atoms with Crippen LogP contribution in [0.4, 0.5) is 0 Å². The summed E-state index contributed by atoms with van der Waals surface area (Å²) >= 11 is 0. The molecule has 0 spiro atoms. The van der Waals surface area contributed by atoms with E-state index in [1.165, 1.54) is 41.3 Å². The van der Waals surface area contributed by atoms with Crippen molar-refractivity contribution in [3.05, 3.63) is 60.2 Å². The van der Waals surface area contributed by atoms with Crippen molar-refractivity contribution in [1.29, 1.82) is 0 Å². The first-order valence-electron chi connectivity index (χ1n) is 7.47. The molecule has 3 aromatic rings. The molecule has 101 valence electrons. The first-order chi connectivity index (χ1) is 9.88. The average Bonchev–Trinajstić information content (AvgIpc) is 2.93. The highest BCUT2D eigenvalue weighted by Crippen LogP contribution is 2.26. The largest absolute Gasteiger partial charge is 0.354 e. The number of hydrogen-bond donors (Lipinski definition) is 1. The lowest BCUT2D eigenvalue weighted by Crippen LogP contribution is -1.86. The second-order valence-corrected chi connectivity index (χ2v) is 5.29. The van der Waals surface area contributed by atoms with Crippen LogP contribution in [-0.2, 0) is 6.42 Å². The molecule has 1 radical (unpaired) electrons. The summed E-state index contributed by atoms with van der Waals surface area (Å²) < 4.78 is 0. The molecular weight excluding hydrogens is 242 g/mol. The fraction of sp³-hybridized carbons (Fsp3) is 0.263. The van der Waals surface area contributed by atoms with Crippen LogP contribution in [-0.4, -0.2) is 4.98 Å². The van der Waals surface area contributed by atoms with Crippen LogP contribution in [0.3, 0.4) is 0 Å². The topological polar surface area (TPSA) is 15.8 Å². The molecule has 0 unspecified atom stereocenters. The van der Waals surface area contributed by atoms with Crippen molar-refractivity contribution in [3.63, 3.8) is 0 Å². The summed E-state index contributed by atoms with van der Waals surface area (Å²) in [5.74, 6) is 0. The van der Waals surface area contributed by atoms with E-state index in [1.54, 1.807) is 0 Å². The molecule has 1 nitrogen and oxygen atoms in total. The minimum absolute atomic E-state index is 1.09. The number of unbranched alkanes of at least 4 members (excludes halogenated alkanes) is 2. The third-order valence-corrected chi connectivity index (χ3v) is 3.77. The number of aryl methyl sites for hydroxylation is 1. The van der Waals surface area contributed by atoms with Gasteiger partial charge in [0, 0.05) is 17.0 Å². The van der Waals surface area contributed by atoms with Crippen molar-refractivity contribution in [1.82, 2.24) is 4.98 Å². The lowest BCUT2D eigenvalue weighted by Gasteiger charge is -2.01. The second kappa shape index (κ2) is 5.96. The van der Waals surface area contributed by atoms with E-state index >= 15 is 0 Å². The third-order valence-electron chi connectivity index (χ3n) is 3.77. The van der Waals surface area contributed by atoms with Gasteiger partial charge in [0.05, 0.1) is 5.69 Å².